The standard InChI is InChI=1S/C30H46N2/c1-5-9-23-31(24-10-6-2)29-19-15-27(16-20-29)13-14-28-17-21-30(22-18-28)32(25-11-7-3)26-12-8-4/h13-22H,5-12,23-26H2,1-4H3/b14-13+. The molecule has 0 fully saturated rings. The van der Waals surface area contributed by atoms with Gasteiger partial charge in [0, 0.05) is 37.6 Å². The van der Waals surface area contributed by atoms with Crippen LogP contribution in [0.1, 0.15) is 90.2 Å². The van der Waals surface area contributed by atoms with Crippen LogP contribution in [0.4, 0.5) is 11.4 Å². The molecule has 2 nitrogen and oxygen atoms in total. The zero-order chi connectivity index (χ0) is 23.0. The van der Waals surface area contributed by atoms with Crippen LogP contribution >= 0.6 is 0 Å². The SMILES string of the molecule is CCCCN(CCCC)c1ccc(/C=C/c2ccc(N(CCCC)CCCC)cc2)cc1. The largest absolute Gasteiger partial charge is 0.372 e. The van der Waals surface area contributed by atoms with Crippen LogP contribution < -0.4 is 9.80 Å². The normalized spacial score (nSPS) is 11.2. The molecule has 0 unspecified atom stereocenters. The fraction of sp³-hybridized carbons (Fsp3) is 0.533. The van der Waals surface area contributed by atoms with Crippen molar-refractivity contribution in [3.8, 4) is 0 Å². The van der Waals surface area contributed by atoms with E-state index in [-0.39, 0.29) is 0 Å². The Kier molecular flexibility index (Phi) is 12.7. The molecule has 0 aliphatic carbocycles. The predicted octanol–water partition coefficient (Wildman–Crippen LogP) is 8.67. The first-order valence-electron chi connectivity index (χ1n) is 13.1. The first-order chi connectivity index (χ1) is 15.7. The molecular formula is C30H46N2. The molecule has 0 aliphatic rings. The minimum absolute atomic E-state index is 1.16. The molecule has 32 heavy (non-hydrogen) atoms. The summed E-state index contributed by atoms with van der Waals surface area (Å²) in [6.07, 6.45) is 14.5. The van der Waals surface area contributed by atoms with E-state index in [1.165, 1.54) is 73.9 Å². The van der Waals surface area contributed by atoms with E-state index in [0.717, 1.165) is 26.2 Å². The predicted molar refractivity (Wildman–Crippen MR) is 146 cm³/mol. The number of hydrogen-bond acceptors (Lipinski definition) is 2. The molecule has 2 heteroatoms. The van der Waals surface area contributed by atoms with Gasteiger partial charge in [-0.3, -0.25) is 0 Å². The molecule has 2 aromatic carbocycles. The first kappa shape index (κ1) is 26.0. The molecule has 0 atom stereocenters. The van der Waals surface area contributed by atoms with E-state index >= 15 is 0 Å². The molecule has 0 saturated carbocycles. The van der Waals surface area contributed by atoms with Crippen molar-refractivity contribution in [3.63, 3.8) is 0 Å². The van der Waals surface area contributed by atoms with Crippen LogP contribution in [0.2, 0.25) is 0 Å². The van der Waals surface area contributed by atoms with Gasteiger partial charge in [0.25, 0.3) is 0 Å². The van der Waals surface area contributed by atoms with E-state index < -0.39 is 0 Å². The van der Waals surface area contributed by atoms with E-state index in [0.29, 0.717) is 0 Å². The second-order valence-corrected chi connectivity index (χ2v) is 8.90. The van der Waals surface area contributed by atoms with E-state index in [9.17, 15) is 0 Å². The summed E-state index contributed by atoms with van der Waals surface area (Å²) in [4.78, 5) is 5.09. The molecule has 0 bridgehead atoms. The fourth-order valence-electron chi connectivity index (χ4n) is 3.92. The van der Waals surface area contributed by atoms with Crippen molar-refractivity contribution in [2.24, 2.45) is 0 Å². The van der Waals surface area contributed by atoms with Crippen molar-refractivity contribution >= 4 is 23.5 Å². The van der Waals surface area contributed by atoms with Crippen molar-refractivity contribution < 1.29 is 0 Å². The van der Waals surface area contributed by atoms with Crippen LogP contribution in [0.5, 0.6) is 0 Å². The van der Waals surface area contributed by atoms with Crippen LogP contribution in [0.15, 0.2) is 48.5 Å². The summed E-state index contributed by atoms with van der Waals surface area (Å²) in [5, 5.41) is 0. The molecule has 2 rings (SSSR count). The Balaban J connectivity index is 2.01. The second-order valence-electron chi connectivity index (χ2n) is 8.90. The van der Waals surface area contributed by atoms with Gasteiger partial charge in [0.15, 0.2) is 0 Å². The summed E-state index contributed by atoms with van der Waals surface area (Å²) in [5.74, 6) is 0. The third kappa shape index (κ3) is 9.10. The maximum atomic E-state index is 2.54. The summed E-state index contributed by atoms with van der Waals surface area (Å²) in [6, 6.07) is 18.1. The van der Waals surface area contributed by atoms with Gasteiger partial charge in [-0.15, -0.1) is 0 Å². The van der Waals surface area contributed by atoms with Gasteiger partial charge in [0.1, 0.15) is 0 Å². The summed E-state index contributed by atoms with van der Waals surface area (Å²) in [7, 11) is 0. The van der Waals surface area contributed by atoms with E-state index in [4.69, 9.17) is 0 Å². The quantitative estimate of drug-likeness (QED) is 0.244. The highest BCUT2D eigenvalue weighted by atomic mass is 15.1. The lowest BCUT2D eigenvalue weighted by atomic mass is 10.1. The summed E-state index contributed by atoms with van der Waals surface area (Å²) < 4.78 is 0. The second kappa shape index (κ2) is 15.6. The van der Waals surface area contributed by atoms with Crippen molar-refractivity contribution in [3.05, 3.63) is 59.7 Å². The lowest BCUT2D eigenvalue weighted by Crippen LogP contribution is -2.25. The first-order valence-corrected chi connectivity index (χ1v) is 13.1. The Bertz CT molecular complexity index is 664. The molecule has 0 amide bonds. The molecule has 0 N–H and O–H groups in total. The molecular weight excluding hydrogens is 388 g/mol. The lowest BCUT2D eigenvalue weighted by Gasteiger charge is -2.25. The molecule has 176 valence electrons. The highest BCUT2D eigenvalue weighted by Crippen LogP contribution is 2.20. The zero-order valence-corrected chi connectivity index (χ0v) is 21.2. The third-order valence-corrected chi connectivity index (χ3v) is 6.11. The average molecular weight is 435 g/mol. The topological polar surface area (TPSA) is 6.48 Å². The van der Waals surface area contributed by atoms with Gasteiger partial charge in [0.05, 0.1) is 0 Å². The monoisotopic (exact) mass is 434 g/mol. The van der Waals surface area contributed by atoms with Crippen molar-refractivity contribution in [2.45, 2.75) is 79.1 Å². The maximum Gasteiger partial charge on any atom is 0.0366 e. The van der Waals surface area contributed by atoms with Crippen molar-refractivity contribution in [1.82, 2.24) is 0 Å². The average Bonchev–Trinajstić information content (AvgIpc) is 2.84. The Labute approximate surface area is 198 Å². The van der Waals surface area contributed by atoms with Gasteiger partial charge < -0.3 is 9.80 Å². The minimum Gasteiger partial charge on any atom is -0.372 e. The Morgan fingerprint density at radius 2 is 0.750 bits per heavy atom. The molecule has 2 aromatic rings. The minimum atomic E-state index is 1.16. The van der Waals surface area contributed by atoms with Crippen LogP contribution in [0, 0.1) is 0 Å². The number of rotatable bonds is 16. The Morgan fingerprint density at radius 1 is 0.469 bits per heavy atom. The molecule has 0 saturated heterocycles. The van der Waals surface area contributed by atoms with E-state index in [1.54, 1.807) is 0 Å². The zero-order valence-electron chi connectivity index (χ0n) is 21.2. The maximum absolute atomic E-state index is 2.54. The number of anilines is 2. The van der Waals surface area contributed by atoms with Gasteiger partial charge >= 0.3 is 0 Å². The van der Waals surface area contributed by atoms with Gasteiger partial charge in [-0.1, -0.05) is 89.8 Å². The number of unbranched alkanes of at least 4 members (excludes halogenated alkanes) is 4. The van der Waals surface area contributed by atoms with E-state index in [1.807, 2.05) is 0 Å². The highest BCUT2D eigenvalue weighted by molar-refractivity contribution is 5.71. The van der Waals surface area contributed by atoms with Gasteiger partial charge in [-0.05, 0) is 61.1 Å². The highest BCUT2D eigenvalue weighted by Gasteiger charge is 2.06. The third-order valence-electron chi connectivity index (χ3n) is 6.11. The van der Waals surface area contributed by atoms with E-state index in [2.05, 4.69) is 98.2 Å². The smallest absolute Gasteiger partial charge is 0.0366 e. The molecule has 0 radical (unpaired) electrons. The molecule has 0 heterocycles. The van der Waals surface area contributed by atoms with Crippen molar-refractivity contribution in [1.29, 1.82) is 0 Å². The molecule has 0 aromatic heterocycles. The number of benzene rings is 2. The summed E-state index contributed by atoms with van der Waals surface area (Å²) in [6.45, 7) is 13.7. The number of nitrogens with zero attached hydrogens (tertiary/aromatic N) is 2. The van der Waals surface area contributed by atoms with Crippen LogP contribution in [0.25, 0.3) is 12.2 Å². The number of hydrogen-bond donors (Lipinski definition) is 0. The lowest BCUT2D eigenvalue weighted by molar-refractivity contribution is 0.678. The van der Waals surface area contributed by atoms with Gasteiger partial charge in [-0.2, -0.15) is 0 Å². The van der Waals surface area contributed by atoms with Crippen LogP contribution in [0.3, 0.4) is 0 Å². The molecule has 0 spiro atoms. The fourth-order valence-corrected chi connectivity index (χ4v) is 3.92. The summed E-state index contributed by atoms with van der Waals surface area (Å²) in [5.41, 5.74) is 5.23. The Morgan fingerprint density at radius 3 is 1.00 bits per heavy atom. The van der Waals surface area contributed by atoms with Gasteiger partial charge in [0.2, 0.25) is 0 Å². The van der Waals surface area contributed by atoms with Gasteiger partial charge in [-0.25, -0.2) is 0 Å². The van der Waals surface area contributed by atoms with Crippen LogP contribution in [-0.4, -0.2) is 26.2 Å². The molecule has 0 aliphatic heterocycles. The Hall–Kier alpha value is -2.22. The van der Waals surface area contributed by atoms with Crippen molar-refractivity contribution in [2.75, 3.05) is 36.0 Å². The summed E-state index contributed by atoms with van der Waals surface area (Å²) >= 11 is 0. The van der Waals surface area contributed by atoms with Crippen LogP contribution in [-0.2, 0) is 0 Å².